The van der Waals surface area contributed by atoms with E-state index in [1.807, 2.05) is 92.7 Å². The van der Waals surface area contributed by atoms with E-state index in [1.54, 1.807) is 18.1 Å². The van der Waals surface area contributed by atoms with Crippen molar-refractivity contribution in [1.82, 2.24) is 5.32 Å². The molecule has 33 heavy (non-hydrogen) atoms. The van der Waals surface area contributed by atoms with Crippen LogP contribution in [0.5, 0.6) is 5.75 Å². The Labute approximate surface area is 194 Å². The quantitative estimate of drug-likeness (QED) is 0.565. The van der Waals surface area contributed by atoms with Crippen LogP contribution in [-0.2, 0) is 21.5 Å². The zero-order valence-electron chi connectivity index (χ0n) is 19.1. The Morgan fingerprint density at radius 1 is 0.970 bits per heavy atom. The molecule has 1 atom stereocenters. The van der Waals surface area contributed by atoms with Crippen molar-refractivity contribution in [2.75, 3.05) is 12.0 Å². The second-order valence-electron chi connectivity index (χ2n) is 8.66. The van der Waals surface area contributed by atoms with Crippen molar-refractivity contribution in [2.45, 2.75) is 31.8 Å². The summed E-state index contributed by atoms with van der Waals surface area (Å²) in [4.78, 5) is 28.5. The molecule has 0 saturated heterocycles. The third-order valence-corrected chi connectivity index (χ3v) is 6.13. The number of hydrogen-bond donors (Lipinski definition) is 1. The number of hydrogen-bond acceptors (Lipinski definition) is 3. The van der Waals surface area contributed by atoms with Gasteiger partial charge in [-0.05, 0) is 41.0 Å². The van der Waals surface area contributed by atoms with Gasteiger partial charge in [-0.1, -0.05) is 74.5 Å². The molecule has 0 aliphatic carbocycles. The van der Waals surface area contributed by atoms with Gasteiger partial charge in [-0.15, -0.1) is 0 Å². The standard InChI is InChI=1S/C28H28N2O3/c1-28(2)23-11-7-8-12-24(23)30(25(31)18-15-20-9-5-4-6-10-20)26(28)27(32)29-19-21-13-16-22(33-3)17-14-21/h4-18,26H,19H2,1-3H3,(H,29,32). The number of methoxy groups -OCH3 is 1. The largest absolute Gasteiger partial charge is 0.497 e. The highest BCUT2D eigenvalue weighted by atomic mass is 16.5. The Balaban J connectivity index is 1.60. The molecule has 4 rings (SSSR count). The van der Waals surface area contributed by atoms with Gasteiger partial charge >= 0.3 is 0 Å². The number of carbonyl (C=O) groups is 2. The molecule has 1 aliphatic heterocycles. The van der Waals surface area contributed by atoms with E-state index in [0.29, 0.717) is 6.54 Å². The minimum atomic E-state index is -0.666. The van der Waals surface area contributed by atoms with Crippen LogP contribution in [0.1, 0.15) is 30.5 Å². The summed E-state index contributed by atoms with van der Waals surface area (Å²) in [5.41, 5.74) is 3.10. The second-order valence-corrected chi connectivity index (χ2v) is 8.66. The van der Waals surface area contributed by atoms with Crippen molar-refractivity contribution < 1.29 is 14.3 Å². The van der Waals surface area contributed by atoms with Gasteiger partial charge in [0.15, 0.2) is 0 Å². The fourth-order valence-corrected chi connectivity index (χ4v) is 4.37. The van der Waals surface area contributed by atoms with E-state index in [0.717, 1.165) is 28.1 Å². The van der Waals surface area contributed by atoms with Crippen LogP contribution in [0.25, 0.3) is 6.08 Å². The van der Waals surface area contributed by atoms with Gasteiger partial charge < -0.3 is 10.1 Å². The highest BCUT2D eigenvalue weighted by Crippen LogP contribution is 2.45. The Morgan fingerprint density at radius 3 is 2.33 bits per heavy atom. The summed E-state index contributed by atoms with van der Waals surface area (Å²) in [6.07, 6.45) is 3.32. The molecule has 3 aromatic rings. The Kier molecular flexibility index (Phi) is 6.31. The first-order chi connectivity index (χ1) is 15.9. The molecule has 1 aliphatic rings. The molecule has 0 fully saturated rings. The second kappa shape index (κ2) is 9.33. The maximum Gasteiger partial charge on any atom is 0.251 e. The van der Waals surface area contributed by atoms with Crippen molar-refractivity contribution in [2.24, 2.45) is 0 Å². The number of fused-ring (bicyclic) bond motifs is 1. The number of amides is 2. The molecule has 2 amide bonds. The molecule has 1 N–H and O–H groups in total. The van der Waals surface area contributed by atoms with Crippen molar-refractivity contribution in [3.63, 3.8) is 0 Å². The minimum absolute atomic E-state index is 0.187. The third kappa shape index (κ3) is 4.53. The van der Waals surface area contributed by atoms with Crippen molar-refractivity contribution in [3.05, 3.63) is 102 Å². The zero-order valence-corrected chi connectivity index (χ0v) is 19.1. The van der Waals surface area contributed by atoms with Crippen LogP contribution in [0.15, 0.2) is 84.9 Å². The lowest BCUT2D eigenvalue weighted by Gasteiger charge is -2.31. The Morgan fingerprint density at radius 2 is 1.64 bits per heavy atom. The Bertz CT molecular complexity index is 1170. The van der Waals surface area contributed by atoms with Gasteiger partial charge in [0.05, 0.1) is 7.11 Å². The van der Waals surface area contributed by atoms with Gasteiger partial charge in [0.2, 0.25) is 5.91 Å². The van der Waals surface area contributed by atoms with Crippen molar-refractivity contribution in [1.29, 1.82) is 0 Å². The van der Waals surface area contributed by atoms with Gasteiger partial charge in [-0.2, -0.15) is 0 Å². The fourth-order valence-electron chi connectivity index (χ4n) is 4.37. The van der Waals surface area contributed by atoms with E-state index >= 15 is 0 Å². The predicted octanol–water partition coefficient (Wildman–Crippen LogP) is 4.72. The molecule has 3 aromatic carbocycles. The number of carbonyl (C=O) groups excluding carboxylic acids is 2. The summed E-state index contributed by atoms with van der Waals surface area (Å²) in [6.45, 7) is 4.39. The topological polar surface area (TPSA) is 58.6 Å². The number of benzene rings is 3. The average Bonchev–Trinajstić information content (AvgIpc) is 3.09. The van der Waals surface area contributed by atoms with Gasteiger partial charge in [-0.25, -0.2) is 0 Å². The Hall–Kier alpha value is -3.86. The summed E-state index contributed by atoms with van der Waals surface area (Å²) in [5.74, 6) is 0.356. The van der Waals surface area contributed by atoms with Gasteiger partial charge in [-0.3, -0.25) is 14.5 Å². The molecule has 0 radical (unpaired) electrons. The van der Waals surface area contributed by atoms with E-state index in [9.17, 15) is 9.59 Å². The third-order valence-electron chi connectivity index (χ3n) is 6.13. The summed E-state index contributed by atoms with van der Waals surface area (Å²) in [5, 5.41) is 3.03. The van der Waals surface area contributed by atoms with E-state index in [1.165, 1.54) is 6.08 Å². The zero-order chi connectivity index (χ0) is 23.4. The van der Waals surface area contributed by atoms with Crippen molar-refractivity contribution >= 4 is 23.6 Å². The molecule has 0 bridgehead atoms. The number of anilines is 1. The lowest BCUT2D eigenvalue weighted by atomic mass is 9.80. The maximum absolute atomic E-state index is 13.5. The van der Waals surface area contributed by atoms with Crippen LogP contribution in [0.4, 0.5) is 5.69 Å². The van der Waals surface area contributed by atoms with Crippen LogP contribution in [0.2, 0.25) is 0 Å². The number of ether oxygens (including phenoxy) is 1. The highest BCUT2D eigenvalue weighted by molar-refractivity contribution is 6.10. The summed E-state index contributed by atoms with van der Waals surface area (Å²) < 4.78 is 5.20. The van der Waals surface area contributed by atoms with Crippen LogP contribution in [-0.4, -0.2) is 25.0 Å². The van der Waals surface area contributed by atoms with E-state index < -0.39 is 11.5 Å². The molecule has 0 spiro atoms. The van der Waals surface area contributed by atoms with Gasteiger partial charge in [0, 0.05) is 23.7 Å². The molecule has 168 valence electrons. The average molecular weight is 441 g/mol. The first kappa shape index (κ1) is 22.3. The maximum atomic E-state index is 13.5. The van der Waals surface area contributed by atoms with E-state index in [-0.39, 0.29) is 11.8 Å². The smallest absolute Gasteiger partial charge is 0.251 e. The lowest BCUT2D eigenvalue weighted by Crippen LogP contribution is -2.53. The van der Waals surface area contributed by atoms with E-state index in [4.69, 9.17) is 4.74 Å². The molecule has 1 heterocycles. The SMILES string of the molecule is COc1ccc(CNC(=O)C2N(C(=O)C=Cc3ccccc3)c3ccccc3C2(C)C)cc1. The summed E-state index contributed by atoms with van der Waals surface area (Å²) in [6, 6.07) is 24.3. The van der Waals surface area contributed by atoms with Gasteiger partial charge in [0.25, 0.3) is 5.91 Å². The van der Waals surface area contributed by atoms with Crippen molar-refractivity contribution in [3.8, 4) is 5.75 Å². The lowest BCUT2D eigenvalue weighted by molar-refractivity contribution is -0.126. The predicted molar refractivity (Wildman–Crippen MR) is 131 cm³/mol. The molecule has 0 aromatic heterocycles. The van der Waals surface area contributed by atoms with Crippen LogP contribution >= 0.6 is 0 Å². The summed E-state index contributed by atoms with van der Waals surface area (Å²) in [7, 11) is 1.62. The first-order valence-electron chi connectivity index (χ1n) is 11.0. The monoisotopic (exact) mass is 440 g/mol. The van der Waals surface area contributed by atoms with E-state index in [2.05, 4.69) is 5.32 Å². The molecule has 0 saturated carbocycles. The van der Waals surface area contributed by atoms with Crippen LogP contribution in [0.3, 0.4) is 0 Å². The normalized spacial score (nSPS) is 16.5. The number of para-hydroxylation sites is 1. The number of nitrogens with zero attached hydrogens (tertiary/aromatic N) is 1. The first-order valence-corrected chi connectivity index (χ1v) is 11.0. The number of nitrogens with one attached hydrogen (secondary N) is 1. The highest BCUT2D eigenvalue weighted by Gasteiger charge is 2.50. The molecule has 5 nitrogen and oxygen atoms in total. The summed E-state index contributed by atoms with van der Waals surface area (Å²) >= 11 is 0. The molecular weight excluding hydrogens is 412 g/mol. The molecular formula is C28H28N2O3. The van der Waals surface area contributed by atoms with Gasteiger partial charge in [0.1, 0.15) is 11.8 Å². The fraction of sp³-hybridized carbons (Fsp3) is 0.214. The molecule has 5 heteroatoms. The van der Waals surface area contributed by atoms with Crippen LogP contribution < -0.4 is 15.0 Å². The minimum Gasteiger partial charge on any atom is -0.497 e. The number of rotatable bonds is 6. The molecule has 1 unspecified atom stereocenters. The van der Waals surface area contributed by atoms with Crippen LogP contribution in [0, 0.1) is 0 Å².